The van der Waals surface area contributed by atoms with Crippen molar-refractivity contribution in [1.29, 1.82) is 0 Å². The zero-order valence-electron chi connectivity index (χ0n) is 16.5. The molecule has 2 atom stereocenters. The Hall–Kier alpha value is -2.67. The fraction of sp³-hybridized carbons (Fsp3) is 0.476. The van der Waals surface area contributed by atoms with Crippen LogP contribution in [-0.4, -0.2) is 47.9 Å². The number of carbonyl (C=O) groups is 2. The Morgan fingerprint density at radius 1 is 1.25 bits per heavy atom. The summed E-state index contributed by atoms with van der Waals surface area (Å²) in [6, 6.07) is 11.2. The molecule has 1 aliphatic heterocycles. The first-order valence-electron chi connectivity index (χ1n) is 9.86. The first-order chi connectivity index (χ1) is 13.6. The van der Waals surface area contributed by atoms with Crippen LogP contribution in [0.2, 0.25) is 0 Å². The molecule has 2 unspecified atom stereocenters. The normalized spacial score (nSPS) is 17.7. The number of nitrogens with one attached hydrogen (secondary N) is 2. The van der Waals surface area contributed by atoms with E-state index in [4.69, 9.17) is 4.74 Å². The molecule has 2 aromatic rings. The number of benzene rings is 1. The first kappa shape index (κ1) is 20.1. The van der Waals surface area contributed by atoms with E-state index in [1.807, 2.05) is 37.3 Å². The van der Waals surface area contributed by atoms with Crippen molar-refractivity contribution in [2.75, 3.05) is 20.2 Å². The van der Waals surface area contributed by atoms with Gasteiger partial charge in [-0.05, 0) is 38.2 Å². The second kappa shape index (κ2) is 9.50. The van der Waals surface area contributed by atoms with E-state index in [1.54, 1.807) is 17.8 Å². The zero-order valence-corrected chi connectivity index (χ0v) is 16.5. The summed E-state index contributed by atoms with van der Waals surface area (Å²) in [4.78, 5) is 24.9. The first-order valence-corrected chi connectivity index (χ1v) is 9.86. The topological polar surface area (TPSA) is 85.3 Å². The third-order valence-corrected chi connectivity index (χ3v) is 5.10. The van der Waals surface area contributed by atoms with Crippen LogP contribution in [0.15, 0.2) is 36.4 Å². The maximum absolute atomic E-state index is 12.8. The lowest BCUT2D eigenvalue weighted by Crippen LogP contribution is -2.31. The number of hydrogen-bond acceptors (Lipinski definition) is 4. The van der Waals surface area contributed by atoms with Crippen LogP contribution in [0, 0.1) is 0 Å². The fourth-order valence-corrected chi connectivity index (χ4v) is 3.44. The summed E-state index contributed by atoms with van der Waals surface area (Å²) in [5.41, 5.74) is 1.62. The summed E-state index contributed by atoms with van der Waals surface area (Å²) < 4.78 is 7.33. The van der Waals surface area contributed by atoms with Crippen molar-refractivity contribution in [2.45, 2.75) is 44.8 Å². The van der Waals surface area contributed by atoms with Gasteiger partial charge in [0.1, 0.15) is 5.69 Å². The second-order valence-corrected chi connectivity index (χ2v) is 7.06. The van der Waals surface area contributed by atoms with Gasteiger partial charge in [-0.25, -0.2) is 0 Å². The highest BCUT2D eigenvalue weighted by atomic mass is 16.5. The fourth-order valence-electron chi connectivity index (χ4n) is 3.44. The van der Waals surface area contributed by atoms with Gasteiger partial charge in [0.25, 0.3) is 11.8 Å². The van der Waals surface area contributed by atoms with Gasteiger partial charge in [-0.15, -0.1) is 0 Å². The van der Waals surface area contributed by atoms with E-state index in [0.717, 1.165) is 31.4 Å². The van der Waals surface area contributed by atoms with Crippen molar-refractivity contribution in [1.82, 2.24) is 20.4 Å². The van der Waals surface area contributed by atoms with Crippen molar-refractivity contribution >= 4 is 11.8 Å². The molecular weight excluding hydrogens is 356 g/mol. The van der Waals surface area contributed by atoms with Crippen LogP contribution in [0.3, 0.4) is 0 Å². The van der Waals surface area contributed by atoms with E-state index in [9.17, 15) is 9.59 Å². The van der Waals surface area contributed by atoms with Crippen LogP contribution in [0.1, 0.15) is 65.2 Å². The van der Waals surface area contributed by atoms with Gasteiger partial charge in [-0.3, -0.25) is 14.3 Å². The maximum atomic E-state index is 12.8. The van der Waals surface area contributed by atoms with E-state index in [-0.39, 0.29) is 29.7 Å². The molecule has 2 N–H and O–H groups in total. The minimum Gasteiger partial charge on any atom is -0.378 e. The molecule has 7 nitrogen and oxygen atoms in total. The molecule has 0 radical (unpaired) electrons. The second-order valence-electron chi connectivity index (χ2n) is 7.06. The van der Waals surface area contributed by atoms with E-state index < -0.39 is 0 Å². The van der Waals surface area contributed by atoms with Gasteiger partial charge in [0, 0.05) is 26.3 Å². The molecule has 0 spiro atoms. The predicted molar refractivity (Wildman–Crippen MR) is 106 cm³/mol. The largest absolute Gasteiger partial charge is 0.378 e. The summed E-state index contributed by atoms with van der Waals surface area (Å²) in [5, 5.41) is 9.91. The Morgan fingerprint density at radius 3 is 2.71 bits per heavy atom. The summed E-state index contributed by atoms with van der Waals surface area (Å²) >= 11 is 0. The molecule has 2 heterocycles. The standard InChI is InChI=1S/C21H28N4O3/c1-15(16-8-4-3-5-9-16)25-19(14-18(24-25)20(26)22-2)21(27)23-12-11-17-10-6-7-13-28-17/h3-5,8-9,14-15,17H,6-7,10-13H2,1-2H3,(H,22,26)(H,23,27). The number of ether oxygens (including phenoxy) is 1. The van der Waals surface area contributed by atoms with Gasteiger partial charge in [-0.2, -0.15) is 5.10 Å². The molecule has 1 aliphatic rings. The molecule has 1 saturated heterocycles. The molecule has 7 heteroatoms. The summed E-state index contributed by atoms with van der Waals surface area (Å²) in [5.74, 6) is -0.551. The number of hydrogen-bond donors (Lipinski definition) is 2. The Bertz CT molecular complexity index is 797. The average Bonchev–Trinajstić information content (AvgIpc) is 3.19. The van der Waals surface area contributed by atoms with E-state index in [1.165, 1.54) is 6.42 Å². The lowest BCUT2D eigenvalue weighted by atomic mass is 10.1. The van der Waals surface area contributed by atoms with Crippen LogP contribution in [0.4, 0.5) is 0 Å². The van der Waals surface area contributed by atoms with Crippen LogP contribution in [0.25, 0.3) is 0 Å². The van der Waals surface area contributed by atoms with E-state index in [0.29, 0.717) is 12.2 Å². The zero-order chi connectivity index (χ0) is 19.9. The van der Waals surface area contributed by atoms with E-state index in [2.05, 4.69) is 15.7 Å². The van der Waals surface area contributed by atoms with Crippen LogP contribution in [-0.2, 0) is 4.74 Å². The summed E-state index contributed by atoms with van der Waals surface area (Å²) in [6.07, 6.45) is 4.33. The minimum absolute atomic E-state index is 0.179. The molecule has 1 aromatic carbocycles. The van der Waals surface area contributed by atoms with Crippen LogP contribution in [0.5, 0.6) is 0 Å². The lowest BCUT2D eigenvalue weighted by Gasteiger charge is -2.22. The smallest absolute Gasteiger partial charge is 0.271 e. The number of aromatic nitrogens is 2. The van der Waals surface area contributed by atoms with Crippen molar-refractivity contribution in [3.8, 4) is 0 Å². The number of amides is 2. The van der Waals surface area contributed by atoms with Crippen molar-refractivity contribution in [3.63, 3.8) is 0 Å². The van der Waals surface area contributed by atoms with Crippen LogP contribution < -0.4 is 10.6 Å². The highest BCUT2D eigenvalue weighted by Crippen LogP contribution is 2.20. The average molecular weight is 384 g/mol. The van der Waals surface area contributed by atoms with Crippen LogP contribution >= 0.6 is 0 Å². The molecule has 0 bridgehead atoms. The number of carbonyl (C=O) groups excluding carboxylic acids is 2. The minimum atomic E-state index is -0.316. The predicted octanol–water partition coefficient (Wildman–Crippen LogP) is 2.54. The lowest BCUT2D eigenvalue weighted by molar-refractivity contribution is 0.0117. The highest BCUT2D eigenvalue weighted by Gasteiger charge is 2.23. The monoisotopic (exact) mass is 384 g/mol. The van der Waals surface area contributed by atoms with Gasteiger partial charge in [0.2, 0.25) is 0 Å². The van der Waals surface area contributed by atoms with Gasteiger partial charge >= 0.3 is 0 Å². The number of rotatable bonds is 7. The SMILES string of the molecule is CNC(=O)c1cc(C(=O)NCCC2CCCCO2)n(C(C)c2ccccc2)n1. The molecule has 150 valence electrons. The molecule has 0 aliphatic carbocycles. The molecule has 2 amide bonds. The molecule has 0 saturated carbocycles. The molecule has 3 rings (SSSR count). The molecule has 28 heavy (non-hydrogen) atoms. The Labute approximate surface area is 165 Å². The Kier molecular flexibility index (Phi) is 6.81. The highest BCUT2D eigenvalue weighted by molar-refractivity contribution is 5.97. The van der Waals surface area contributed by atoms with Crippen molar-refractivity contribution < 1.29 is 14.3 Å². The molecule has 1 aromatic heterocycles. The molecule has 1 fully saturated rings. The molecular formula is C21H28N4O3. The Balaban J connectivity index is 1.74. The summed E-state index contributed by atoms with van der Waals surface area (Å²) in [7, 11) is 1.55. The third kappa shape index (κ3) is 4.78. The summed E-state index contributed by atoms with van der Waals surface area (Å²) in [6.45, 7) is 3.29. The van der Waals surface area contributed by atoms with Gasteiger partial charge < -0.3 is 15.4 Å². The maximum Gasteiger partial charge on any atom is 0.271 e. The number of nitrogens with zero attached hydrogens (tertiary/aromatic N) is 2. The van der Waals surface area contributed by atoms with Gasteiger partial charge in [0.05, 0.1) is 12.1 Å². The van der Waals surface area contributed by atoms with Crippen molar-refractivity contribution in [3.05, 3.63) is 53.3 Å². The van der Waals surface area contributed by atoms with Gasteiger partial charge in [0.15, 0.2) is 5.69 Å². The third-order valence-electron chi connectivity index (χ3n) is 5.10. The van der Waals surface area contributed by atoms with Crippen molar-refractivity contribution in [2.24, 2.45) is 0 Å². The quantitative estimate of drug-likeness (QED) is 0.768. The van der Waals surface area contributed by atoms with E-state index >= 15 is 0 Å². The Morgan fingerprint density at radius 2 is 2.04 bits per heavy atom. The van der Waals surface area contributed by atoms with Gasteiger partial charge in [-0.1, -0.05) is 30.3 Å².